The number of aromatic nitrogens is 2. The molecule has 0 radical (unpaired) electrons. The van der Waals surface area contributed by atoms with Crippen molar-refractivity contribution in [3.63, 3.8) is 0 Å². The maximum absolute atomic E-state index is 6.22. The zero-order valence-corrected chi connectivity index (χ0v) is 19.2. The summed E-state index contributed by atoms with van der Waals surface area (Å²) in [5.41, 5.74) is 9.50. The molecule has 0 aliphatic carbocycles. The van der Waals surface area contributed by atoms with Gasteiger partial charge in [0.25, 0.3) is 5.78 Å². The van der Waals surface area contributed by atoms with Crippen LogP contribution in [-0.2, 0) is 0 Å². The van der Waals surface area contributed by atoms with Gasteiger partial charge in [-0.25, -0.2) is 4.98 Å². The van der Waals surface area contributed by atoms with Crippen molar-refractivity contribution in [1.29, 1.82) is 0 Å². The van der Waals surface area contributed by atoms with Gasteiger partial charge in [-0.1, -0.05) is 48.5 Å². The fourth-order valence-electron chi connectivity index (χ4n) is 5.25. The quantitative estimate of drug-likeness (QED) is 0.271. The normalized spacial score (nSPS) is 12.0. The highest BCUT2D eigenvalue weighted by Gasteiger charge is 2.22. The Morgan fingerprint density at radius 3 is 2.26 bits per heavy atom. The molecule has 0 spiro atoms. The van der Waals surface area contributed by atoms with Gasteiger partial charge >= 0.3 is 0 Å². The van der Waals surface area contributed by atoms with Crippen LogP contribution in [0, 0.1) is 20.8 Å². The van der Waals surface area contributed by atoms with E-state index in [9.17, 15) is 0 Å². The predicted octanol–water partition coefficient (Wildman–Crippen LogP) is 8.26. The average Bonchev–Trinajstić information content (AvgIpc) is 3.48. The van der Waals surface area contributed by atoms with E-state index in [0.717, 1.165) is 55.3 Å². The maximum Gasteiger partial charge on any atom is 0.299 e. The maximum atomic E-state index is 6.22. The molecule has 0 saturated heterocycles. The van der Waals surface area contributed by atoms with E-state index in [1.54, 1.807) is 0 Å². The number of nitrogens with zero attached hydrogens (tertiary/aromatic N) is 2. The molecule has 0 aliphatic heterocycles. The first-order valence-electron chi connectivity index (χ1n) is 11.5. The highest BCUT2D eigenvalue weighted by Crippen LogP contribution is 2.40. The predicted molar refractivity (Wildman–Crippen MR) is 138 cm³/mol. The number of rotatable bonds is 2. The molecule has 0 saturated carbocycles. The Morgan fingerprint density at radius 2 is 1.41 bits per heavy atom. The SMILES string of the molecule is Cc1cc2c(cc1-c1nc3ccccc3n1-c1c(C)cccc1C)oc1oc3ccccc3c12. The van der Waals surface area contributed by atoms with Crippen molar-refractivity contribution in [1.82, 2.24) is 9.55 Å². The van der Waals surface area contributed by atoms with E-state index in [-0.39, 0.29) is 0 Å². The van der Waals surface area contributed by atoms with Crippen LogP contribution in [-0.4, -0.2) is 9.55 Å². The summed E-state index contributed by atoms with van der Waals surface area (Å²) in [6.45, 7) is 6.45. The third-order valence-electron chi connectivity index (χ3n) is 6.83. The molecule has 4 aromatic carbocycles. The minimum absolute atomic E-state index is 0.566. The summed E-state index contributed by atoms with van der Waals surface area (Å²) in [6.07, 6.45) is 0. The lowest BCUT2D eigenvalue weighted by Crippen LogP contribution is -2.03. The smallest absolute Gasteiger partial charge is 0.299 e. The number of aryl methyl sites for hydroxylation is 3. The van der Waals surface area contributed by atoms with E-state index in [1.807, 2.05) is 24.3 Å². The molecular formula is C30H22N2O2. The number of imidazole rings is 1. The zero-order valence-electron chi connectivity index (χ0n) is 19.2. The Balaban J connectivity index is 1.56. The van der Waals surface area contributed by atoms with Crippen molar-refractivity contribution in [3.8, 4) is 17.1 Å². The number of furan rings is 2. The van der Waals surface area contributed by atoms with Crippen LogP contribution in [0.4, 0.5) is 0 Å². The zero-order chi connectivity index (χ0) is 23.0. The van der Waals surface area contributed by atoms with Crippen molar-refractivity contribution < 1.29 is 8.83 Å². The molecule has 4 heteroatoms. The summed E-state index contributed by atoms with van der Waals surface area (Å²) in [5, 5.41) is 3.17. The van der Waals surface area contributed by atoms with E-state index in [4.69, 9.17) is 13.8 Å². The molecule has 0 N–H and O–H groups in total. The molecule has 3 heterocycles. The summed E-state index contributed by atoms with van der Waals surface area (Å²) in [4.78, 5) is 5.10. The lowest BCUT2D eigenvalue weighted by Gasteiger charge is -2.16. The van der Waals surface area contributed by atoms with Gasteiger partial charge < -0.3 is 8.83 Å². The van der Waals surface area contributed by atoms with Crippen LogP contribution in [0.2, 0.25) is 0 Å². The summed E-state index contributed by atoms with van der Waals surface area (Å²) < 4.78 is 14.5. The third-order valence-corrected chi connectivity index (χ3v) is 6.83. The molecule has 0 fully saturated rings. The largest absolute Gasteiger partial charge is 0.425 e. The van der Waals surface area contributed by atoms with Gasteiger partial charge in [0.2, 0.25) is 0 Å². The molecule has 7 rings (SSSR count). The van der Waals surface area contributed by atoms with Gasteiger partial charge in [0.15, 0.2) is 0 Å². The van der Waals surface area contributed by atoms with Gasteiger partial charge in [-0.05, 0) is 67.8 Å². The minimum Gasteiger partial charge on any atom is -0.425 e. The molecule has 0 aliphatic rings. The van der Waals surface area contributed by atoms with Crippen LogP contribution in [0.15, 0.2) is 87.7 Å². The first-order valence-corrected chi connectivity index (χ1v) is 11.5. The van der Waals surface area contributed by atoms with E-state index in [0.29, 0.717) is 5.78 Å². The van der Waals surface area contributed by atoms with Gasteiger partial charge in [-0.15, -0.1) is 0 Å². The van der Waals surface area contributed by atoms with Crippen LogP contribution in [0.5, 0.6) is 0 Å². The first kappa shape index (κ1) is 19.2. The standard InChI is InChI=1S/C30H22N2O2/c1-17-9-8-10-18(2)28(17)32-24-13-6-5-12-23(24)31-29(32)21-16-26-22(15-19(21)3)27-20-11-4-7-14-25(20)33-30(27)34-26/h4-16H,1-3H3. The Bertz CT molecular complexity index is 1880. The van der Waals surface area contributed by atoms with Crippen LogP contribution in [0.1, 0.15) is 16.7 Å². The van der Waals surface area contributed by atoms with Crippen LogP contribution in [0.3, 0.4) is 0 Å². The number of benzene rings is 4. The lowest BCUT2D eigenvalue weighted by molar-refractivity contribution is 0.524. The molecule has 3 aromatic heterocycles. The Labute approximate surface area is 196 Å². The number of fused-ring (bicyclic) bond motifs is 6. The average molecular weight is 443 g/mol. The number of hydrogen-bond acceptors (Lipinski definition) is 3. The van der Waals surface area contributed by atoms with Crippen molar-refractivity contribution in [2.75, 3.05) is 0 Å². The molecule has 0 amide bonds. The lowest BCUT2D eigenvalue weighted by atomic mass is 10.0. The van der Waals surface area contributed by atoms with Gasteiger partial charge in [0, 0.05) is 16.3 Å². The molecular weight excluding hydrogens is 420 g/mol. The van der Waals surface area contributed by atoms with Gasteiger partial charge in [-0.2, -0.15) is 0 Å². The molecule has 0 atom stereocenters. The van der Waals surface area contributed by atoms with Crippen molar-refractivity contribution in [2.24, 2.45) is 0 Å². The van der Waals surface area contributed by atoms with Crippen LogP contribution >= 0.6 is 0 Å². The van der Waals surface area contributed by atoms with Gasteiger partial charge in [0.1, 0.15) is 17.0 Å². The molecule has 164 valence electrons. The van der Waals surface area contributed by atoms with Crippen molar-refractivity contribution >= 4 is 44.1 Å². The second kappa shape index (κ2) is 6.84. The molecule has 34 heavy (non-hydrogen) atoms. The Hall–Kier alpha value is -4.31. The van der Waals surface area contributed by atoms with E-state index in [2.05, 4.69) is 79.9 Å². The van der Waals surface area contributed by atoms with E-state index >= 15 is 0 Å². The third kappa shape index (κ3) is 2.57. The highest BCUT2D eigenvalue weighted by atomic mass is 16.5. The molecule has 0 bridgehead atoms. The van der Waals surface area contributed by atoms with Gasteiger partial charge in [0.05, 0.1) is 22.1 Å². The molecule has 4 nitrogen and oxygen atoms in total. The number of para-hydroxylation sites is 4. The Kier molecular flexibility index (Phi) is 3.86. The monoisotopic (exact) mass is 442 g/mol. The molecule has 0 unspecified atom stereocenters. The fourth-order valence-corrected chi connectivity index (χ4v) is 5.25. The van der Waals surface area contributed by atoms with Crippen LogP contribution < -0.4 is 0 Å². The fraction of sp³-hybridized carbons (Fsp3) is 0.100. The van der Waals surface area contributed by atoms with Crippen molar-refractivity contribution in [2.45, 2.75) is 20.8 Å². The van der Waals surface area contributed by atoms with Crippen molar-refractivity contribution in [3.05, 3.63) is 95.6 Å². The molecule has 7 aromatic rings. The summed E-state index contributed by atoms with van der Waals surface area (Å²) >= 11 is 0. The van der Waals surface area contributed by atoms with Gasteiger partial charge in [-0.3, -0.25) is 4.57 Å². The van der Waals surface area contributed by atoms with E-state index in [1.165, 1.54) is 16.8 Å². The summed E-state index contributed by atoms with van der Waals surface area (Å²) in [7, 11) is 0. The second-order valence-electron chi connectivity index (χ2n) is 9.03. The van der Waals surface area contributed by atoms with Crippen LogP contribution in [0.25, 0.3) is 61.2 Å². The second-order valence-corrected chi connectivity index (χ2v) is 9.03. The first-order chi connectivity index (χ1) is 16.6. The highest BCUT2D eigenvalue weighted by molar-refractivity contribution is 6.17. The summed E-state index contributed by atoms with van der Waals surface area (Å²) in [6, 6.07) is 27.1. The van der Waals surface area contributed by atoms with E-state index < -0.39 is 0 Å². The topological polar surface area (TPSA) is 44.1 Å². The summed E-state index contributed by atoms with van der Waals surface area (Å²) in [5.74, 6) is 1.48. The Morgan fingerprint density at radius 1 is 0.676 bits per heavy atom. The number of hydrogen-bond donors (Lipinski definition) is 0. The minimum atomic E-state index is 0.566.